The molecule has 0 aliphatic heterocycles. The van der Waals surface area contributed by atoms with Crippen LogP contribution in [0.1, 0.15) is 23.0 Å². The summed E-state index contributed by atoms with van der Waals surface area (Å²) in [6.45, 7) is 4.08. The molecule has 0 radical (unpaired) electrons. The number of benzene rings is 1. The minimum Gasteiger partial charge on any atom is -0.321 e. The maximum absolute atomic E-state index is 12.8. The highest BCUT2D eigenvalue weighted by Crippen LogP contribution is 2.20. The van der Waals surface area contributed by atoms with Gasteiger partial charge in [-0.2, -0.15) is 10.3 Å². The van der Waals surface area contributed by atoms with Gasteiger partial charge in [-0.3, -0.25) is 4.79 Å². The number of anilines is 1. The lowest BCUT2D eigenvalue weighted by atomic mass is 10.2. The lowest BCUT2D eigenvalue weighted by molar-refractivity contribution is 0.0989. The maximum atomic E-state index is 12.8. The number of aromatic amines is 1. The Morgan fingerprint density at radius 1 is 1.38 bits per heavy atom. The second-order valence-electron chi connectivity index (χ2n) is 4.58. The number of fused-ring (bicyclic) bond motifs is 1. The first kappa shape index (κ1) is 13.2. The standard InChI is InChI=1S/C14H14N4O3/c1-3-17(10-7-5-4-6-8-10)13(19)11-9(2)15-18-12(11)16-21-14(18)20/h4-8,16H,3H2,1-2H3. The number of hydrogen-bond donors (Lipinski definition) is 1. The Kier molecular flexibility index (Phi) is 3.09. The molecule has 7 heteroatoms. The summed E-state index contributed by atoms with van der Waals surface area (Å²) in [5.41, 5.74) is 1.88. The fourth-order valence-corrected chi connectivity index (χ4v) is 2.33. The van der Waals surface area contributed by atoms with Crippen molar-refractivity contribution in [2.45, 2.75) is 13.8 Å². The van der Waals surface area contributed by atoms with Crippen LogP contribution in [0.2, 0.25) is 0 Å². The monoisotopic (exact) mass is 286 g/mol. The molecule has 3 aromatic rings. The zero-order valence-electron chi connectivity index (χ0n) is 11.7. The van der Waals surface area contributed by atoms with Crippen LogP contribution in [0.15, 0.2) is 39.6 Å². The number of nitrogens with one attached hydrogen (secondary N) is 1. The smallest absolute Gasteiger partial charge is 0.321 e. The Balaban J connectivity index is 2.11. The van der Waals surface area contributed by atoms with Gasteiger partial charge < -0.3 is 9.42 Å². The molecule has 0 atom stereocenters. The zero-order chi connectivity index (χ0) is 15.0. The average molecular weight is 286 g/mol. The van der Waals surface area contributed by atoms with Gasteiger partial charge in [-0.1, -0.05) is 18.2 Å². The third kappa shape index (κ3) is 2.03. The van der Waals surface area contributed by atoms with Crippen molar-refractivity contribution < 1.29 is 9.32 Å². The van der Waals surface area contributed by atoms with Gasteiger partial charge in [0.05, 0.1) is 5.69 Å². The van der Waals surface area contributed by atoms with Crippen LogP contribution in [-0.2, 0) is 0 Å². The first-order chi connectivity index (χ1) is 10.1. The van der Waals surface area contributed by atoms with Crippen LogP contribution < -0.4 is 10.7 Å². The Labute approximate surface area is 119 Å². The van der Waals surface area contributed by atoms with Crippen LogP contribution >= 0.6 is 0 Å². The molecule has 3 rings (SSSR count). The highest BCUT2D eigenvalue weighted by Gasteiger charge is 2.25. The van der Waals surface area contributed by atoms with Gasteiger partial charge >= 0.3 is 5.76 Å². The summed E-state index contributed by atoms with van der Waals surface area (Å²) in [5, 5.41) is 6.49. The maximum Gasteiger partial charge on any atom is 0.461 e. The van der Waals surface area contributed by atoms with E-state index < -0.39 is 5.76 Å². The number of amides is 1. The van der Waals surface area contributed by atoms with Crippen molar-refractivity contribution in [2.24, 2.45) is 0 Å². The van der Waals surface area contributed by atoms with Crippen LogP contribution in [0.25, 0.3) is 5.65 Å². The topological polar surface area (TPSA) is 83.6 Å². The molecule has 0 unspecified atom stereocenters. The van der Waals surface area contributed by atoms with E-state index >= 15 is 0 Å². The first-order valence-corrected chi connectivity index (χ1v) is 6.57. The number of nitrogens with zero attached hydrogens (tertiary/aromatic N) is 3. The highest BCUT2D eigenvalue weighted by molar-refractivity contribution is 6.10. The molecule has 2 aromatic heterocycles. The molecule has 0 bridgehead atoms. The van der Waals surface area contributed by atoms with Crippen molar-refractivity contribution in [2.75, 3.05) is 11.4 Å². The number of carbonyl (C=O) groups excluding carboxylic acids is 1. The fraction of sp³-hybridized carbons (Fsp3) is 0.214. The van der Waals surface area contributed by atoms with Crippen LogP contribution in [-0.4, -0.2) is 27.2 Å². The van der Waals surface area contributed by atoms with Gasteiger partial charge in [-0.05, 0) is 26.0 Å². The minimum absolute atomic E-state index is 0.228. The summed E-state index contributed by atoms with van der Waals surface area (Å²) >= 11 is 0. The summed E-state index contributed by atoms with van der Waals surface area (Å²) in [4.78, 5) is 25.9. The van der Waals surface area contributed by atoms with E-state index in [1.807, 2.05) is 37.3 Å². The number of aromatic nitrogens is 3. The van der Waals surface area contributed by atoms with Gasteiger partial charge in [0.25, 0.3) is 5.91 Å². The van der Waals surface area contributed by atoms with E-state index in [1.54, 1.807) is 11.8 Å². The molecule has 2 heterocycles. The highest BCUT2D eigenvalue weighted by atomic mass is 16.5. The fourth-order valence-electron chi connectivity index (χ4n) is 2.33. The molecule has 1 amide bonds. The lowest BCUT2D eigenvalue weighted by Crippen LogP contribution is -2.31. The van der Waals surface area contributed by atoms with Crippen molar-refractivity contribution in [1.82, 2.24) is 14.8 Å². The van der Waals surface area contributed by atoms with E-state index in [2.05, 4.69) is 14.8 Å². The molecule has 0 spiro atoms. The van der Waals surface area contributed by atoms with E-state index in [0.717, 1.165) is 10.2 Å². The molecule has 21 heavy (non-hydrogen) atoms. The van der Waals surface area contributed by atoms with Crippen molar-refractivity contribution in [3.8, 4) is 0 Å². The second kappa shape index (κ2) is 4.93. The Morgan fingerprint density at radius 2 is 2.10 bits per heavy atom. The number of hydrogen-bond acceptors (Lipinski definition) is 4. The van der Waals surface area contributed by atoms with Gasteiger partial charge in [-0.25, -0.2) is 4.79 Å². The predicted octanol–water partition coefficient (Wildman–Crippen LogP) is 1.59. The number of rotatable bonds is 3. The number of para-hydroxylation sites is 1. The molecular weight excluding hydrogens is 272 g/mol. The van der Waals surface area contributed by atoms with Crippen LogP contribution in [0, 0.1) is 6.92 Å². The van der Waals surface area contributed by atoms with Gasteiger partial charge in [0.1, 0.15) is 5.56 Å². The van der Waals surface area contributed by atoms with Crippen LogP contribution in [0.5, 0.6) is 0 Å². The Morgan fingerprint density at radius 3 is 2.76 bits per heavy atom. The molecule has 0 saturated carbocycles. The van der Waals surface area contributed by atoms with Crippen molar-refractivity contribution in [1.29, 1.82) is 0 Å². The minimum atomic E-state index is -0.644. The van der Waals surface area contributed by atoms with Crippen LogP contribution in [0.4, 0.5) is 5.69 Å². The zero-order valence-corrected chi connectivity index (χ0v) is 11.7. The van der Waals surface area contributed by atoms with Gasteiger partial charge in [0.15, 0.2) is 5.65 Å². The molecule has 0 aliphatic carbocycles. The summed E-state index contributed by atoms with van der Waals surface area (Å²) in [6, 6.07) is 9.33. The summed E-state index contributed by atoms with van der Waals surface area (Å²) in [7, 11) is 0. The van der Waals surface area contributed by atoms with Gasteiger partial charge in [0.2, 0.25) is 0 Å². The lowest BCUT2D eigenvalue weighted by Gasteiger charge is -2.20. The van der Waals surface area contributed by atoms with E-state index in [0.29, 0.717) is 17.8 Å². The number of carbonyl (C=O) groups is 1. The summed E-state index contributed by atoms with van der Waals surface area (Å²) in [6.07, 6.45) is 0. The van der Waals surface area contributed by atoms with Crippen molar-refractivity contribution >= 4 is 17.2 Å². The number of H-pyrrole nitrogens is 1. The van der Waals surface area contributed by atoms with Crippen molar-refractivity contribution in [3.05, 3.63) is 52.1 Å². The van der Waals surface area contributed by atoms with Crippen molar-refractivity contribution in [3.63, 3.8) is 0 Å². The summed E-state index contributed by atoms with van der Waals surface area (Å²) in [5.74, 6) is -0.872. The molecule has 108 valence electrons. The molecule has 1 N–H and O–H groups in total. The van der Waals surface area contributed by atoms with Crippen LogP contribution in [0.3, 0.4) is 0 Å². The molecule has 0 fully saturated rings. The first-order valence-electron chi connectivity index (χ1n) is 6.57. The SMILES string of the molecule is CCN(C(=O)c1c(C)nn2c(=O)o[nH]c12)c1ccccc1. The largest absolute Gasteiger partial charge is 0.461 e. The Hall–Kier alpha value is -2.83. The van der Waals surface area contributed by atoms with Gasteiger partial charge in [-0.15, -0.1) is 4.52 Å². The molecular formula is C14H14N4O3. The molecule has 7 nitrogen and oxygen atoms in total. The summed E-state index contributed by atoms with van der Waals surface area (Å²) < 4.78 is 5.73. The van der Waals surface area contributed by atoms with E-state index in [9.17, 15) is 9.59 Å². The third-order valence-corrected chi connectivity index (χ3v) is 3.31. The van der Waals surface area contributed by atoms with E-state index in [-0.39, 0.29) is 11.6 Å². The third-order valence-electron chi connectivity index (χ3n) is 3.31. The molecule has 0 saturated heterocycles. The quantitative estimate of drug-likeness (QED) is 0.792. The normalized spacial score (nSPS) is 11.0. The van der Waals surface area contributed by atoms with Gasteiger partial charge in [0, 0.05) is 12.2 Å². The van der Waals surface area contributed by atoms with E-state index in [1.165, 1.54) is 0 Å². The van der Waals surface area contributed by atoms with E-state index in [4.69, 9.17) is 0 Å². The predicted molar refractivity (Wildman–Crippen MR) is 76.6 cm³/mol. The number of aryl methyl sites for hydroxylation is 1. The molecule has 1 aromatic carbocycles. The Bertz CT molecular complexity index is 844. The second-order valence-corrected chi connectivity index (χ2v) is 4.58. The molecule has 0 aliphatic rings. The average Bonchev–Trinajstić information content (AvgIpc) is 3.00.